The van der Waals surface area contributed by atoms with Crippen molar-refractivity contribution in [2.45, 2.75) is 33.4 Å². The number of nitrogens with one attached hydrogen (secondary N) is 3. The average molecular weight is 269 g/mol. The Bertz CT molecular complexity index is 417. The second-order valence-corrected chi connectivity index (χ2v) is 4.94. The maximum Gasteiger partial charge on any atom is 0.236 e. The molecule has 0 fully saturated rings. The molecule has 0 radical (unpaired) electrons. The molecule has 100 valence electrons. The minimum absolute atomic E-state index is 0.0184. The van der Waals surface area contributed by atoms with Crippen LogP contribution in [0, 0.1) is 0 Å². The van der Waals surface area contributed by atoms with Crippen LogP contribution in [0.3, 0.4) is 0 Å². The summed E-state index contributed by atoms with van der Waals surface area (Å²) < 4.78 is 0. The van der Waals surface area contributed by atoms with E-state index in [1.54, 1.807) is 11.3 Å². The van der Waals surface area contributed by atoms with Crippen LogP contribution in [0.1, 0.15) is 25.6 Å². The summed E-state index contributed by atoms with van der Waals surface area (Å²) in [5.74, 6) is -0.110. The number of thiophene rings is 1. The zero-order chi connectivity index (χ0) is 13.5. The van der Waals surface area contributed by atoms with Crippen molar-refractivity contribution >= 4 is 28.8 Å². The van der Waals surface area contributed by atoms with Gasteiger partial charge < -0.3 is 16.0 Å². The number of carbonyl (C=O) groups excluding carboxylic acids is 2. The fourth-order valence-corrected chi connectivity index (χ4v) is 2.23. The third-order valence-electron chi connectivity index (χ3n) is 2.37. The molecule has 1 atom stereocenters. The molecule has 0 aliphatic heterocycles. The molecule has 1 heterocycles. The predicted octanol–water partition coefficient (Wildman–Crippen LogP) is 1.32. The normalized spacial score (nSPS) is 11.9. The van der Waals surface area contributed by atoms with Crippen molar-refractivity contribution in [3.8, 4) is 0 Å². The number of hydrogen-bond acceptors (Lipinski definition) is 4. The summed E-state index contributed by atoms with van der Waals surface area (Å²) in [6.45, 7) is 6.37. The highest BCUT2D eigenvalue weighted by molar-refractivity contribution is 7.10. The molecule has 1 aromatic heterocycles. The number of likely N-dealkylation sites (N-methyl/N-ethyl adjacent to an activating group) is 1. The van der Waals surface area contributed by atoms with Gasteiger partial charge in [0.05, 0.1) is 11.7 Å². The van der Waals surface area contributed by atoms with Gasteiger partial charge in [-0.3, -0.25) is 9.59 Å². The molecular weight excluding hydrogens is 250 g/mol. The summed E-state index contributed by atoms with van der Waals surface area (Å²) in [4.78, 5) is 23.5. The van der Waals surface area contributed by atoms with E-state index < -0.39 is 0 Å². The lowest BCUT2D eigenvalue weighted by Gasteiger charge is -2.13. The van der Waals surface area contributed by atoms with Gasteiger partial charge in [0.25, 0.3) is 0 Å². The van der Waals surface area contributed by atoms with Gasteiger partial charge in [0.2, 0.25) is 11.8 Å². The molecule has 1 unspecified atom stereocenters. The summed E-state index contributed by atoms with van der Waals surface area (Å²) in [5.41, 5.74) is 0.808. The minimum Gasteiger partial charge on any atom is -0.355 e. The molecular formula is C12H19N3O2S. The zero-order valence-electron chi connectivity index (χ0n) is 10.9. The first-order chi connectivity index (χ1) is 8.54. The van der Waals surface area contributed by atoms with Gasteiger partial charge in [-0.2, -0.15) is 0 Å². The van der Waals surface area contributed by atoms with E-state index >= 15 is 0 Å². The maximum atomic E-state index is 11.5. The summed E-state index contributed by atoms with van der Waals surface area (Å²) in [6, 6.07) is 1.61. The molecule has 5 nitrogen and oxygen atoms in total. The molecule has 0 bridgehead atoms. The van der Waals surface area contributed by atoms with Crippen LogP contribution in [0.15, 0.2) is 11.4 Å². The molecule has 0 aromatic carbocycles. The van der Waals surface area contributed by atoms with E-state index in [1.165, 1.54) is 6.92 Å². The molecule has 0 aliphatic carbocycles. The highest BCUT2D eigenvalue weighted by atomic mass is 32.1. The SMILES string of the molecule is CCNC(=O)C(C)NCc1sccc1NC(C)=O. The lowest BCUT2D eigenvalue weighted by Crippen LogP contribution is -2.41. The summed E-state index contributed by atoms with van der Waals surface area (Å²) in [6.07, 6.45) is 0. The smallest absolute Gasteiger partial charge is 0.236 e. The molecule has 0 saturated carbocycles. The van der Waals surface area contributed by atoms with Gasteiger partial charge in [0, 0.05) is 24.9 Å². The molecule has 6 heteroatoms. The van der Waals surface area contributed by atoms with Gasteiger partial charge >= 0.3 is 0 Å². The van der Waals surface area contributed by atoms with Gasteiger partial charge in [0.1, 0.15) is 0 Å². The summed E-state index contributed by atoms with van der Waals surface area (Å²) in [7, 11) is 0. The second kappa shape index (κ2) is 7.13. The monoisotopic (exact) mass is 269 g/mol. The first kappa shape index (κ1) is 14.7. The van der Waals surface area contributed by atoms with Crippen molar-refractivity contribution in [1.29, 1.82) is 0 Å². The standard InChI is InChI=1S/C12H19N3O2S/c1-4-13-12(17)8(2)14-7-11-10(5-6-18-11)15-9(3)16/h5-6,8,14H,4,7H2,1-3H3,(H,13,17)(H,15,16). The number of amides is 2. The number of carbonyl (C=O) groups is 2. The Balaban J connectivity index is 2.50. The highest BCUT2D eigenvalue weighted by Gasteiger charge is 2.12. The number of anilines is 1. The van der Waals surface area contributed by atoms with E-state index in [4.69, 9.17) is 0 Å². The quantitative estimate of drug-likeness (QED) is 0.729. The topological polar surface area (TPSA) is 70.2 Å². The van der Waals surface area contributed by atoms with Crippen LogP contribution in [-0.4, -0.2) is 24.4 Å². The lowest BCUT2D eigenvalue weighted by molar-refractivity contribution is -0.122. The van der Waals surface area contributed by atoms with Crippen LogP contribution in [-0.2, 0) is 16.1 Å². The second-order valence-electron chi connectivity index (χ2n) is 3.94. The fraction of sp³-hybridized carbons (Fsp3) is 0.500. The van der Waals surface area contributed by atoms with Crippen LogP contribution < -0.4 is 16.0 Å². The fourth-order valence-electron chi connectivity index (χ4n) is 1.44. The van der Waals surface area contributed by atoms with E-state index in [9.17, 15) is 9.59 Å². The summed E-state index contributed by atoms with van der Waals surface area (Å²) in [5, 5.41) is 10.6. The van der Waals surface area contributed by atoms with E-state index in [0.29, 0.717) is 13.1 Å². The Morgan fingerprint density at radius 1 is 1.44 bits per heavy atom. The third-order valence-corrected chi connectivity index (χ3v) is 3.29. The minimum atomic E-state index is -0.253. The molecule has 0 aliphatic rings. The van der Waals surface area contributed by atoms with Crippen molar-refractivity contribution < 1.29 is 9.59 Å². The molecule has 0 spiro atoms. The number of rotatable bonds is 6. The molecule has 3 N–H and O–H groups in total. The molecule has 1 rings (SSSR count). The van der Waals surface area contributed by atoms with E-state index in [0.717, 1.165) is 10.6 Å². The average Bonchev–Trinajstić information content (AvgIpc) is 2.72. The van der Waals surface area contributed by atoms with Crippen molar-refractivity contribution in [2.75, 3.05) is 11.9 Å². The third kappa shape index (κ3) is 4.46. The summed E-state index contributed by atoms with van der Waals surface area (Å²) >= 11 is 1.55. The maximum absolute atomic E-state index is 11.5. The van der Waals surface area contributed by atoms with Crippen LogP contribution in [0.2, 0.25) is 0 Å². The Kier molecular flexibility index (Phi) is 5.80. The Labute approximate surface area is 111 Å². The molecule has 1 aromatic rings. The zero-order valence-corrected chi connectivity index (χ0v) is 11.7. The Hall–Kier alpha value is -1.40. The van der Waals surface area contributed by atoms with Gasteiger partial charge in [0.15, 0.2) is 0 Å². The van der Waals surface area contributed by atoms with Gasteiger partial charge in [-0.1, -0.05) is 0 Å². The van der Waals surface area contributed by atoms with Gasteiger partial charge in [-0.25, -0.2) is 0 Å². The van der Waals surface area contributed by atoms with Crippen LogP contribution in [0.4, 0.5) is 5.69 Å². The van der Waals surface area contributed by atoms with E-state index in [2.05, 4.69) is 16.0 Å². The molecule has 18 heavy (non-hydrogen) atoms. The van der Waals surface area contributed by atoms with Gasteiger partial charge in [-0.05, 0) is 25.3 Å². The van der Waals surface area contributed by atoms with Crippen molar-refractivity contribution in [3.05, 3.63) is 16.3 Å². The van der Waals surface area contributed by atoms with Crippen LogP contribution in [0.5, 0.6) is 0 Å². The first-order valence-electron chi connectivity index (χ1n) is 5.89. The van der Waals surface area contributed by atoms with Gasteiger partial charge in [-0.15, -0.1) is 11.3 Å². The predicted molar refractivity (Wildman–Crippen MR) is 73.6 cm³/mol. The lowest BCUT2D eigenvalue weighted by atomic mass is 10.3. The van der Waals surface area contributed by atoms with Crippen LogP contribution >= 0.6 is 11.3 Å². The first-order valence-corrected chi connectivity index (χ1v) is 6.77. The van der Waals surface area contributed by atoms with Crippen LogP contribution in [0.25, 0.3) is 0 Å². The molecule has 2 amide bonds. The highest BCUT2D eigenvalue weighted by Crippen LogP contribution is 2.22. The largest absolute Gasteiger partial charge is 0.355 e. The Morgan fingerprint density at radius 2 is 2.17 bits per heavy atom. The van der Waals surface area contributed by atoms with E-state index in [1.807, 2.05) is 25.3 Å². The van der Waals surface area contributed by atoms with Crippen molar-refractivity contribution in [3.63, 3.8) is 0 Å². The molecule has 0 saturated heterocycles. The van der Waals surface area contributed by atoms with E-state index in [-0.39, 0.29) is 17.9 Å². The number of hydrogen-bond donors (Lipinski definition) is 3. The Morgan fingerprint density at radius 3 is 2.78 bits per heavy atom. The van der Waals surface area contributed by atoms with Crippen molar-refractivity contribution in [1.82, 2.24) is 10.6 Å². The van der Waals surface area contributed by atoms with Crippen molar-refractivity contribution in [2.24, 2.45) is 0 Å².